The Labute approximate surface area is 106 Å². The van der Waals surface area contributed by atoms with Gasteiger partial charge in [0.05, 0.1) is 12.1 Å². The Kier molecular flexibility index (Phi) is 4.37. The SMILES string of the molecule is Cc1ccc(NC(=O)NC(C)(C)CO)cc1Cl. The molecule has 0 aliphatic carbocycles. The van der Waals surface area contributed by atoms with Crippen molar-refractivity contribution in [3.05, 3.63) is 28.8 Å². The summed E-state index contributed by atoms with van der Waals surface area (Å²) in [6.07, 6.45) is 0. The van der Waals surface area contributed by atoms with E-state index in [1.165, 1.54) is 0 Å². The van der Waals surface area contributed by atoms with Gasteiger partial charge >= 0.3 is 6.03 Å². The van der Waals surface area contributed by atoms with Gasteiger partial charge in [-0.15, -0.1) is 0 Å². The number of rotatable bonds is 3. The van der Waals surface area contributed by atoms with E-state index in [0.29, 0.717) is 10.7 Å². The van der Waals surface area contributed by atoms with Crippen LogP contribution in [0.25, 0.3) is 0 Å². The molecule has 0 aliphatic rings. The summed E-state index contributed by atoms with van der Waals surface area (Å²) in [5.74, 6) is 0. The molecule has 0 saturated heterocycles. The van der Waals surface area contributed by atoms with Gasteiger partial charge in [-0.25, -0.2) is 4.79 Å². The Morgan fingerprint density at radius 2 is 2.12 bits per heavy atom. The standard InChI is InChI=1S/C12H17ClN2O2/c1-8-4-5-9(6-10(8)13)14-11(17)15-12(2,3)7-16/h4-6,16H,7H2,1-3H3,(H2,14,15,17). The van der Waals surface area contributed by atoms with E-state index >= 15 is 0 Å². The third-order valence-electron chi connectivity index (χ3n) is 2.28. The first kappa shape index (κ1) is 13.8. The Bertz CT molecular complexity index is 419. The maximum Gasteiger partial charge on any atom is 0.319 e. The highest BCUT2D eigenvalue weighted by Gasteiger charge is 2.18. The smallest absolute Gasteiger partial charge is 0.319 e. The van der Waals surface area contributed by atoms with Crippen molar-refractivity contribution in [3.8, 4) is 0 Å². The van der Waals surface area contributed by atoms with Crippen LogP contribution in [0.3, 0.4) is 0 Å². The molecule has 1 aromatic carbocycles. The Morgan fingerprint density at radius 1 is 1.47 bits per heavy atom. The molecule has 0 fully saturated rings. The van der Waals surface area contributed by atoms with Crippen LogP contribution in [0.2, 0.25) is 5.02 Å². The Hall–Kier alpha value is -1.26. The van der Waals surface area contributed by atoms with E-state index in [9.17, 15) is 4.79 Å². The lowest BCUT2D eigenvalue weighted by Crippen LogP contribution is -2.48. The molecule has 1 rings (SSSR count). The van der Waals surface area contributed by atoms with Crippen LogP contribution in [-0.2, 0) is 0 Å². The molecule has 2 amide bonds. The van der Waals surface area contributed by atoms with Crippen molar-refractivity contribution in [2.24, 2.45) is 0 Å². The summed E-state index contributed by atoms with van der Waals surface area (Å²) in [6, 6.07) is 4.91. The highest BCUT2D eigenvalue weighted by atomic mass is 35.5. The first-order valence-electron chi connectivity index (χ1n) is 5.30. The number of carbonyl (C=O) groups is 1. The van der Waals surface area contributed by atoms with Crippen molar-refractivity contribution in [1.82, 2.24) is 5.32 Å². The van der Waals surface area contributed by atoms with Crippen LogP contribution in [0, 0.1) is 6.92 Å². The first-order valence-corrected chi connectivity index (χ1v) is 5.68. The van der Waals surface area contributed by atoms with Gasteiger partial charge in [-0.05, 0) is 38.5 Å². The number of carbonyl (C=O) groups excluding carboxylic acids is 1. The summed E-state index contributed by atoms with van der Waals surface area (Å²) < 4.78 is 0. The van der Waals surface area contributed by atoms with Gasteiger partial charge in [-0.3, -0.25) is 0 Å². The summed E-state index contributed by atoms with van der Waals surface area (Å²) in [7, 11) is 0. The van der Waals surface area contributed by atoms with E-state index in [2.05, 4.69) is 10.6 Å². The maximum absolute atomic E-state index is 11.6. The second-order valence-electron chi connectivity index (χ2n) is 4.59. The molecule has 3 N–H and O–H groups in total. The highest BCUT2D eigenvalue weighted by molar-refractivity contribution is 6.31. The van der Waals surface area contributed by atoms with Crippen LogP contribution in [0.1, 0.15) is 19.4 Å². The van der Waals surface area contributed by atoms with E-state index < -0.39 is 5.54 Å². The molecule has 0 spiro atoms. The minimum absolute atomic E-state index is 0.130. The van der Waals surface area contributed by atoms with Crippen molar-refractivity contribution in [2.75, 3.05) is 11.9 Å². The van der Waals surface area contributed by atoms with Crippen molar-refractivity contribution < 1.29 is 9.90 Å². The second kappa shape index (κ2) is 5.38. The third kappa shape index (κ3) is 4.24. The van der Waals surface area contributed by atoms with E-state index in [1.54, 1.807) is 26.0 Å². The van der Waals surface area contributed by atoms with Gasteiger partial charge in [0, 0.05) is 10.7 Å². The predicted molar refractivity (Wildman–Crippen MR) is 69.5 cm³/mol. The number of hydrogen-bond donors (Lipinski definition) is 3. The van der Waals surface area contributed by atoms with E-state index in [4.69, 9.17) is 16.7 Å². The number of benzene rings is 1. The average Bonchev–Trinajstić information content (AvgIpc) is 2.23. The van der Waals surface area contributed by atoms with Crippen LogP contribution in [0.15, 0.2) is 18.2 Å². The lowest BCUT2D eigenvalue weighted by molar-refractivity contribution is 0.187. The molecule has 1 aromatic rings. The lowest BCUT2D eigenvalue weighted by atomic mass is 10.1. The molecule has 0 heterocycles. The fourth-order valence-electron chi connectivity index (χ4n) is 1.18. The van der Waals surface area contributed by atoms with Crippen molar-refractivity contribution in [3.63, 3.8) is 0 Å². The van der Waals surface area contributed by atoms with E-state index in [-0.39, 0.29) is 12.6 Å². The van der Waals surface area contributed by atoms with Gasteiger partial charge in [0.15, 0.2) is 0 Å². The topological polar surface area (TPSA) is 61.4 Å². The van der Waals surface area contributed by atoms with Crippen molar-refractivity contribution >= 4 is 23.3 Å². The van der Waals surface area contributed by atoms with Crippen LogP contribution >= 0.6 is 11.6 Å². The molecule has 4 nitrogen and oxygen atoms in total. The van der Waals surface area contributed by atoms with Gasteiger partial charge in [0.1, 0.15) is 0 Å². The van der Waals surface area contributed by atoms with Gasteiger partial charge in [0.2, 0.25) is 0 Å². The fraction of sp³-hybridized carbons (Fsp3) is 0.417. The van der Waals surface area contributed by atoms with E-state index in [0.717, 1.165) is 5.56 Å². The molecule has 0 aromatic heterocycles. The highest BCUT2D eigenvalue weighted by Crippen LogP contribution is 2.19. The fourth-order valence-corrected chi connectivity index (χ4v) is 1.36. The summed E-state index contributed by atoms with van der Waals surface area (Å²) in [5.41, 5.74) is 0.915. The molecule has 5 heteroatoms. The molecular formula is C12H17ClN2O2. The van der Waals surface area contributed by atoms with Crippen LogP contribution < -0.4 is 10.6 Å². The summed E-state index contributed by atoms with van der Waals surface area (Å²) >= 11 is 5.95. The average molecular weight is 257 g/mol. The number of hydrogen-bond acceptors (Lipinski definition) is 2. The quantitative estimate of drug-likeness (QED) is 0.778. The predicted octanol–water partition coefficient (Wildman–Crippen LogP) is 2.54. The molecule has 0 radical (unpaired) electrons. The van der Waals surface area contributed by atoms with E-state index in [1.807, 2.05) is 13.0 Å². The zero-order chi connectivity index (χ0) is 13.1. The number of anilines is 1. The summed E-state index contributed by atoms with van der Waals surface area (Å²) in [6.45, 7) is 5.22. The third-order valence-corrected chi connectivity index (χ3v) is 2.68. The molecule has 0 aliphatic heterocycles. The molecule has 0 saturated carbocycles. The normalized spacial score (nSPS) is 11.1. The van der Waals surface area contributed by atoms with Gasteiger partial charge in [-0.2, -0.15) is 0 Å². The van der Waals surface area contributed by atoms with Crippen molar-refractivity contribution in [2.45, 2.75) is 26.3 Å². The Balaban J connectivity index is 2.65. The number of urea groups is 1. The number of nitrogens with one attached hydrogen (secondary N) is 2. The molecular weight excluding hydrogens is 240 g/mol. The number of halogens is 1. The van der Waals surface area contributed by atoms with Gasteiger partial charge in [-0.1, -0.05) is 17.7 Å². The molecule has 17 heavy (non-hydrogen) atoms. The molecule has 0 bridgehead atoms. The number of aryl methyl sites for hydroxylation is 1. The number of amides is 2. The Morgan fingerprint density at radius 3 is 2.65 bits per heavy atom. The second-order valence-corrected chi connectivity index (χ2v) is 4.99. The minimum atomic E-state index is -0.654. The summed E-state index contributed by atoms with van der Waals surface area (Å²) in [5, 5.41) is 14.9. The van der Waals surface area contributed by atoms with Gasteiger partial charge < -0.3 is 15.7 Å². The first-order chi connectivity index (χ1) is 7.84. The van der Waals surface area contributed by atoms with Crippen molar-refractivity contribution in [1.29, 1.82) is 0 Å². The molecule has 0 atom stereocenters. The molecule has 0 unspecified atom stereocenters. The maximum atomic E-state index is 11.6. The summed E-state index contributed by atoms with van der Waals surface area (Å²) in [4.78, 5) is 11.6. The van der Waals surface area contributed by atoms with Crippen LogP contribution in [0.4, 0.5) is 10.5 Å². The number of aliphatic hydroxyl groups excluding tert-OH is 1. The monoisotopic (exact) mass is 256 g/mol. The molecule has 94 valence electrons. The zero-order valence-corrected chi connectivity index (χ0v) is 10.9. The lowest BCUT2D eigenvalue weighted by Gasteiger charge is -2.23. The largest absolute Gasteiger partial charge is 0.394 e. The zero-order valence-electron chi connectivity index (χ0n) is 10.2. The minimum Gasteiger partial charge on any atom is -0.394 e. The van der Waals surface area contributed by atoms with Crippen LogP contribution in [-0.4, -0.2) is 23.3 Å². The number of aliphatic hydroxyl groups is 1. The van der Waals surface area contributed by atoms with Gasteiger partial charge in [0.25, 0.3) is 0 Å². The van der Waals surface area contributed by atoms with Crippen LogP contribution in [0.5, 0.6) is 0 Å².